The van der Waals surface area contributed by atoms with E-state index in [-0.39, 0.29) is 36.6 Å². The van der Waals surface area contributed by atoms with Gasteiger partial charge in [0.05, 0.1) is 22.8 Å². The normalized spacial score (nSPS) is 16.6. The summed E-state index contributed by atoms with van der Waals surface area (Å²) in [6, 6.07) is 19.6. The van der Waals surface area contributed by atoms with E-state index in [2.05, 4.69) is 26.9 Å². The highest BCUT2D eigenvalue weighted by molar-refractivity contribution is 6.35. The smallest absolute Gasteiger partial charge is 0.355 e. The molecule has 2 saturated heterocycles. The van der Waals surface area contributed by atoms with Crippen LogP contribution < -0.4 is 14.8 Å². The molecule has 70 heavy (non-hydrogen) atoms. The number of hydrogen-bond donors (Lipinski definition) is 1. The van der Waals surface area contributed by atoms with Crippen LogP contribution in [0.5, 0.6) is 11.5 Å². The molecule has 9 rings (SSSR count). The summed E-state index contributed by atoms with van der Waals surface area (Å²) in [7, 11) is 1.90. The summed E-state index contributed by atoms with van der Waals surface area (Å²) in [4.78, 5) is 70.7. The third kappa shape index (κ3) is 9.58. The van der Waals surface area contributed by atoms with Crippen molar-refractivity contribution in [1.82, 2.24) is 34.4 Å². The predicted molar refractivity (Wildman–Crippen MR) is 263 cm³/mol. The summed E-state index contributed by atoms with van der Waals surface area (Å²) in [5.74, 6) is -2.39. The first kappa shape index (κ1) is 48.3. The number of fused-ring (bicyclic) bond motifs is 3. The Bertz CT molecular complexity index is 3070. The van der Waals surface area contributed by atoms with Gasteiger partial charge in [-0.25, -0.2) is 9.18 Å². The number of carbonyl (C=O) groups is 5. The van der Waals surface area contributed by atoms with Gasteiger partial charge in [-0.1, -0.05) is 54.1 Å². The van der Waals surface area contributed by atoms with Gasteiger partial charge in [-0.05, 0) is 94.7 Å². The number of hydrogen-bond acceptors (Lipinski definition) is 10. The minimum Gasteiger partial charge on any atom is -0.493 e. The Morgan fingerprint density at radius 2 is 1.66 bits per heavy atom. The van der Waals surface area contributed by atoms with Crippen LogP contribution in [0.25, 0.3) is 32.8 Å². The summed E-state index contributed by atoms with van der Waals surface area (Å²) in [5.41, 5.74) is 5.34. The van der Waals surface area contributed by atoms with Gasteiger partial charge in [-0.15, -0.1) is 0 Å². The zero-order chi connectivity index (χ0) is 49.6. The Labute approximate surface area is 410 Å². The number of nitrogens with one attached hydrogen (secondary N) is 1. The van der Waals surface area contributed by atoms with Crippen LogP contribution in [0, 0.1) is 19.7 Å². The molecule has 0 saturated carbocycles. The number of aryl methyl sites for hydroxylation is 3. The van der Waals surface area contributed by atoms with Gasteiger partial charge in [-0.3, -0.25) is 34.1 Å². The summed E-state index contributed by atoms with van der Waals surface area (Å²) >= 11 is 7.19. The van der Waals surface area contributed by atoms with E-state index in [9.17, 15) is 24.0 Å². The molecule has 0 spiro atoms. The number of carbonyl (C=O) groups excluding carboxylic acids is 5. The molecule has 4 aromatic carbocycles. The standard InChI is InChI=1S/C53H57ClFN7O8/c1-31-46(32(2)58(6)57-31)47-39(54)17-16-37-36(14-10-26-68-42-15-9-12-33-11-7-8-13-35(33)42)49(52(67)70-53(3,4)5)61(48(37)47)25-22-59-20-23-60(24-21-59)45(64)30-69-43-27-34-29-62(51(66)38(34)28-40(43)55)41-18-19-44(63)56-50(41)65/h7-9,11-13,15-17,27-28,41H,10,14,18-26,29-30H2,1-6H3,(H,56,63,65). The highest BCUT2D eigenvalue weighted by atomic mass is 35.5. The molecule has 0 aliphatic carbocycles. The molecule has 2 aromatic heterocycles. The van der Waals surface area contributed by atoms with Gasteiger partial charge in [0.15, 0.2) is 18.2 Å². The molecular formula is C53H57ClFN7O8. The van der Waals surface area contributed by atoms with Crippen LogP contribution in [0.3, 0.4) is 0 Å². The molecule has 0 radical (unpaired) electrons. The Balaban J connectivity index is 0.925. The van der Waals surface area contributed by atoms with Crippen LogP contribution >= 0.6 is 11.6 Å². The first-order chi connectivity index (χ1) is 33.5. The van der Waals surface area contributed by atoms with E-state index in [4.69, 9.17) is 30.9 Å². The number of amides is 4. The van der Waals surface area contributed by atoms with Crippen molar-refractivity contribution in [3.05, 3.63) is 111 Å². The van der Waals surface area contributed by atoms with Crippen molar-refractivity contribution >= 4 is 62.9 Å². The second-order valence-corrected chi connectivity index (χ2v) is 19.7. The number of imide groups is 1. The lowest BCUT2D eigenvalue weighted by molar-refractivity contribution is -0.137. The van der Waals surface area contributed by atoms with Gasteiger partial charge in [-0.2, -0.15) is 5.10 Å². The van der Waals surface area contributed by atoms with Gasteiger partial charge >= 0.3 is 5.97 Å². The first-order valence-corrected chi connectivity index (χ1v) is 24.1. The number of rotatable bonds is 14. The van der Waals surface area contributed by atoms with Crippen LogP contribution in [0.4, 0.5) is 4.39 Å². The molecule has 3 aliphatic heterocycles. The number of aromatic nitrogens is 3. The largest absolute Gasteiger partial charge is 0.493 e. The van der Waals surface area contributed by atoms with Crippen molar-refractivity contribution < 1.29 is 42.6 Å². The van der Waals surface area contributed by atoms with E-state index in [1.165, 1.54) is 11.0 Å². The Morgan fingerprint density at radius 1 is 0.900 bits per heavy atom. The fraction of sp³-hybridized carbons (Fsp3) is 0.396. The molecule has 1 atom stereocenters. The van der Waals surface area contributed by atoms with E-state index in [0.29, 0.717) is 75.0 Å². The highest BCUT2D eigenvalue weighted by Gasteiger charge is 2.40. The Kier molecular flexibility index (Phi) is 13.5. The van der Waals surface area contributed by atoms with Gasteiger partial charge in [0.1, 0.15) is 23.1 Å². The maximum absolute atomic E-state index is 15.3. The molecule has 17 heteroatoms. The second-order valence-electron chi connectivity index (χ2n) is 19.2. The topological polar surface area (TPSA) is 158 Å². The molecule has 1 N–H and O–H groups in total. The van der Waals surface area contributed by atoms with Crippen molar-refractivity contribution in [3.63, 3.8) is 0 Å². The maximum atomic E-state index is 15.3. The lowest BCUT2D eigenvalue weighted by Gasteiger charge is -2.35. The molecule has 1 unspecified atom stereocenters. The summed E-state index contributed by atoms with van der Waals surface area (Å²) in [5, 5.41) is 10.5. The number of esters is 1. The molecule has 2 fully saturated rings. The summed E-state index contributed by atoms with van der Waals surface area (Å²) in [6.45, 7) is 12.4. The lowest BCUT2D eigenvalue weighted by atomic mass is 9.98. The molecule has 4 amide bonds. The SMILES string of the molecule is Cc1nn(C)c(C)c1-c1c(Cl)ccc2c(CCCOc3cccc4ccccc34)c(C(=O)OC(C)(C)C)n(CCN3CCN(C(=O)COc4cc5c(cc4F)C(=O)N(C4CCC(=O)NC4=O)C5)CC3)c12. The molecule has 6 aromatic rings. The molecule has 0 bridgehead atoms. The zero-order valence-corrected chi connectivity index (χ0v) is 41.1. The number of benzene rings is 4. The van der Waals surface area contributed by atoms with Crippen molar-refractivity contribution in [1.29, 1.82) is 0 Å². The fourth-order valence-corrected chi connectivity index (χ4v) is 10.3. The predicted octanol–water partition coefficient (Wildman–Crippen LogP) is 7.56. The van der Waals surface area contributed by atoms with Crippen molar-refractivity contribution in [2.45, 2.75) is 85.0 Å². The van der Waals surface area contributed by atoms with Crippen LogP contribution in [0.2, 0.25) is 5.02 Å². The number of nitrogens with zero attached hydrogens (tertiary/aromatic N) is 6. The van der Waals surface area contributed by atoms with E-state index in [0.717, 1.165) is 61.6 Å². The van der Waals surface area contributed by atoms with E-state index >= 15 is 4.39 Å². The van der Waals surface area contributed by atoms with Crippen molar-refractivity contribution in [2.75, 3.05) is 45.9 Å². The van der Waals surface area contributed by atoms with Crippen molar-refractivity contribution in [3.8, 4) is 22.6 Å². The molecule has 3 aliphatic rings. The number of piperazine rings is 1. The van der Waals surface area contributed by atoms with Crippen molar-refractivity contribution in [2.24, 2.45) is 7.05 Å². The van der Waals surface area contributed by atoms with Crippen LogP contribution in [0.1, 0.15) is 83.4 Å². The van der Waals surface area contributed by atoms with Gasteiger partial charge in [0.2, 0.25) is 11.8 Å². The number of ether oxygens (including phenoxy) is 3. The lowest BCUT2D eigenvalue weighted by Crippen LogP contribution is -2.52. The van der Waals surface area contributed by atoms with E-state index < -0.39 is 47.8 Å². The zero-order valence-electron chi connectivity index (χ0n) is 40.3. The maximum Gasteiger partial charge on any atom is 0.355 e. The average Bonchev–Trinajstić information content (AvgIpc) is 3.90. The quantitative estimate of drug-likeness (QED) is 0.0657. The molecule has 15 nitrogen and oxygen atoms in total. The van der Waals surface area contributed by atoms with Crippen LogP contribution in [-0.4, -0.2) is 116 Å². The first-order valence-electron chi connectivity index (χ1n) is 23.8. The van der Waals surface area contributed by atoms with E-state index in [1.54, 1.807) is 4.90 Å². The Morgan fingerprint density at radius 3 is 2.39 bits per heavy atom. The molecular weight excluding hydrogens is 917 g/mol. The average molecular weight is 975 g/mol. The third-order valence-corrected chi connectivity index (χ3v) is 13.8. The molecule has 366 valence electrons. The van der Waals surface area contributed by atoms with Gasteiger partial charge in [0, 0.05) is 92.4 Å². The summed E-state index contributed by atoms with van der Waals surface area (Å²) in [6.07, 6.45) is 1.42. The van der Waals surface area contributed by atoms with Gasteiger partial charge in [0.25, 0.3) is 11.8 Å². The fourth-order valence-electron chi connectivity index (χ4n) is 10.0. The van der Waals surface area contributed by atoms with Crippen LogP contribution in [0.15, 0.2) is 66.7 Å². The number of piperidine rings is 1. The third-order valence-electron chi connectivity index (χ3n) is 13.5. The Hall–Kier alpha value is -6.78. The second kappa shape index (κ2) is 19.5. The molecule has 5 heterocycles. The number of halogens is 2. The summed E-state index contributed by atoms with van der Waals surface area (Å²) < 4.78 is 37.5. The highest BCUT2D eigenvalue weighted by Crippen LogP contribution is 2.43. The minimum atomic E-state index is -0.841. The van der Waals surface area contributed by atoms with Crippen LogP contribution in [-0.2, 0) is 45.7 Å². The monoisotopic (exact) mass is 973 g/mol. The minimum absolute atomic E-state index is 0.0466. The van der Waals surface area contributed by atoms with E-state index in [1.807, 2.05) is 88.8 Å². The van der Waals surface area contributed by atoms with Gasteiger partial charge < -0.3 is 28.6 Å².